The maximum Gasteiger partial charge on any atom is 0.241 e. The average Bonchev–Trinajstić information content (AvgIpc) is 3.24. The van der Waals surface area contributed by atoms with Gasteiger partial charge in [0.15, 0.2) is 0 Å². The van der Waals surface area contributed by atoms with Crippen LogP contribution in [0.4, 0.5) is 5.69 Å². The molecule has 1 aromatic heterocycles. The van der Waals surface area contributed by atoms with Crippen LogP contribution in [0.25, 0.3) is 0 Å². The highest BCUT2D eigenvalue weighted by Gasteiger charge is 2.34. The lowest BCUT2D eigenvalue weighted by molar-refractivity contribution is -0.122. The number of carbonyl (C=O) groups excluding carboxylic acids is 1. The highest BCUT2D eigenvalue weighted by Crippen LogP contribution is 2.26. The van der Waals surface area contributed by atoms with E-state index in [2.05, 4.69) is 27.4 Å². The van der Waals surface area contributed by atoms with E-state index >= 15 is 0 Å². The number of benzene rings is 2. The van der Waals surface area contributed by atoms with Crippen molar-refractivity contribution >= 4 is 33.0 Å². The zero-order valence-corrected chi connectivity index (χ0v) is 23.2. The monoisotopic (exact) mass is 553 g/mol. The van der Waals surface area contributed by atoms with E-state index < -0.39 is 9.84 Å². The Morgan fingerprint density at radius 1 is 1.16 bits per heavy atom. The van der Waals surface area contributed by atoms with Crippen LogP contribution in [-0.4, -0.2) is 59.9 Å². The third-order valence-corrected chi connectivity index (χ3v) is 7.99. The topological polar surface area (TPSA) is 99.3 Å². The number of halogens is 1. The normalized spacial score (nSPS) is 16.5. The zero-order chi connectivity index (χ0) is 27.3. The van der Waals surface area contributed by atoms with Crippen molar-refractivity contribution in [1.29, 1.82) is 5.26 Å². The maximum atomic E-state index is 13.3. The maximum absolute atomic E-state index is 13.3. The minimum Gasteiger partial charge on any atom is -0.326 e. The van der Waals surface area contributed by atoms with Crippen molar-refractivity contribution in [2.24, 2.45) is 0 Å². The summed E-state index contributed by atoms with van der Waals surface area (Å²) in [6, 6.07) is 16.7. The Bertz CT molecular complexity index is 1430. The van der Waals surface area contributed by atoms with Gasteiger partial charge in [-0.1, -0.05) is 36.7 Å². The van der Waals surface area contributed by atoms with E-state index in [1.807, 2.05) is 24.4 Å². The predicted octanol–water partition coefficient (Wildman–Crippen LogP) is 4.06. The van der Waals surface area contributed by atoms with E-state index in [0.717, 1.165) is 29.9 Å². The number of hydrogen-bond donors (Lipinski definition) is 0. The van der Waals surface area contributed by atoms with Crippen LogP contribution in [0, 0.1) is 11.3 Å². The Morgan fingerprint density at radius 2 is 1.92 bits per heavy atom. The summed E-state index contributed by atoms with van der Waals surface area (Å²) in [5, 5.41) is 9.67. The number of sulfone groups is 1. The highest BCUT2D eigenvalue weighted by atomic mass is 35.5. The summed E-state index contributed by atoms with van der Waals surface area (Å²) in [4.78, 5) is 21.7. The first-order valence-electron chi connectivity index (χ1n) is 12.7. The molecule has 0 spiro atoms. The van der Waals surface area contributed by atoms with Gasteiger partial charge >= 0.3 is 0 Å². The summed E-state index contributed by atoms with van der Waals surface area (Å²) in [7, 11) is -3.17. The number of aryl methyl sites for hydroxylation is 1. The lowest BCUT2D eigenvalue weighted by Gasteiger charge is -2.41. The van der Waals surface area contributed by atoms with Crippen LogP contribution in [0.5, 0.6) is 0 Å². The van der Waals surface area contributed by atoms with Gasteiger partial charge in [-0.2, -0.15) is 5.26 Å². The molecule has 1 aliphatic heterocycles. The van der Waals surface area contributed by atoms with Crippen molar-refractivity contribution in [2.75, 3.05) is 30.0 Å². The molecule has 0 bridgehead atoms. The van der Waals surface area contributed by atoms with Gasteiger partial charge in [0.1, 0.15) is 15.7 Å². The molecule has 1 fully saturated rings. The first-order chi connectivity index (χ1) is 18.2. The van der Waals surface area contributed by atoms with Crippen LogP contribution < -0.4 is 4.90 Å². The fraction of sp³-hybridized carbons (Fsp3) is 0.393. The van der Waals surface area contributed by atoms with Crippen molar-refractivity contribution in [3.63, 3.8) is 0 Å². The summed E-state index contributed by atoms with van der Waals surface area (Å²) in [6.45, 7) is 3.71. The Balaban J connectivity index is 1.61. The molecule has 200 valence electrons. The molecule has 2 heterocycles. The van der Waals surface area contributed by atoms with Crippen LogP contribution in [0.3, 0.4) is 0 Å². The van der Waals surface area contributed by atoms with Crippen molar-refractivity contribution in [2.45, 2.75) is 45.3 Å². The summed E-state index contributed by atoms with van der Waals surface area (Å²) in [5.74, 6) is 0.940. The minimum atomic E-state index is -3.17. The smallest absolute Gasteiger partial charge is 0.241 e. The molecule has 1 amide bonds. The molecule has 1 atom stereocenters. The Kier molecular flexibility index (Phi) is 8.87. The fourth-order valence-electron chi connectivity index (χ4n) is 4.79. The van der Waals surface area contributed by atoms with Gasteiger partial charge in [0.05, 0.1) is 29.6 Å². The van der Waals surface area contributed by atoms with E-state index in [1.54, 1.807) is 35.2 Å². The fourth-order valence-corrected chi connectivity index (χ4v) is 5.67. The molecule has 0 saturated carbocycles. The molecular formula is C28H32ClN5O3S. The lowest BCUT2D eigenvalue weighted by Crippen LogP contribution is -2.56. The quantitative estimate of drug-likeness (QED) is 0.375. The van der Waals surface area contributed by atoms with Crippen LogP contribution in [-0.2, 0) is 34.1 Å². The summed E-state index contributed by atoms with van der Waals surface area (Å²) in [6.07, 6.45) is 5.27. The molecule has 0 N–H and O–H groups in total. The van der Waals surface area contributed by atoms with Crippen molar-refractivity contribution in [1.82, 2.24) is 14.5 Å². The van der Waals surface area contributed by atoms with Crippen molar-refractivity contribution in [3.05, 3.63) is 82.4 Å². The molecular weight excluding hydrogens is 522 g/mol. The molecule has 4 rings (SSSR count). The molecule has 2 aromatic carbocycles. The van der Waals surface area contributed by atoms with Gasteiger partial charge < -0.3 is 9.47 Å². The van der Waals surface area contributed by atoms with Crippen LogP contribution in [0.1, 0.15) is 42.4 Å². The molecule has 1 saturated heterocycles. The first-order valence-corrected chi connectivity index (χ1v) is 15.1. The third kappa shape index (κ3) is 7.01. The van der Waals surface area contributed by atoms with Gasteiger partial charge in [-0.3, -0.25) is 9.69 Å². The number of nitrogens with zero attached hydrogens (tertiary/aromatic N) is 5. The Labute approximate surface area is 229 Å². The largest absolute Gasteiger partial charge is 0.326 e. The summed E-state index contributed by atoms with van der Waals surface area (Å²) in [5.41, 5.74) is 3.34. The van der Waals surface area contributed by atoms with E-state index in [1.165, 1.54) is 6.26 Å². The van der Waals surface area contributed by atoms with Gasteiger partial charge in [0.25, 0.3) is 0 Å². The number of piperazine rings is 1. The Morgan fingerprint density at radius 3 is 2.58 bits per heavy atom. The summed E-state index contributed by atoms with van der Waals surface area (Å²) >= 11 is 6.18. The second-order valence-electron chi connectivity index (χ2n) is 9.77. The molecule has 10 heteroatoms. The molecule has 38 heavy (non-hydrogen) atoms. The third-order valence-electron chi connectivity index (χ3n) is 6.77. The SMILES string of the molecule is CCCc1ncc(CN2CC(=O)N(c3cccc(Cl)c3)CC2CCS(C)(=O)=O)n1Cc1ccc(C#N)cc1. The molecule has 0 radical (unpaired) electrons. The highest BCUT2D eigenvalue weighted by molar-refractivity contribution is 7.90. The molecule has 0 aliphatic carbocycles. The van der Waals surface area contributed by atoms with Gasteiger partial charge in [0, 0.05) is 55.3 Å². The van der Waals surface area contributed by atoms with Crippen molar-refractivity contribution in [3.8, 4) is 6.07 Å². The molecule has 3 aromatic rings. The van der Waals surface area contributed by atoms with Gasteiger partial charge in [-0.05, 0) is 48.7 Å². The minimum absolute atomic E-state index is 0.0390. The van der Waals surface area contributed by atoms with Gasteiger partial charge in [-0.25, -0.2) is 13.4 Å². The van der Waals surface area contributed by atoms with Crippen LogP contribution in [0.15, 0.2) is 54.7 Å². The number of amides is 1. The van der Waals surface area contributed by atoms with Gasteiger partial charge in [0.2, 0.25) is 5.91 Å². The number of anilines is 1. The number of hydrogen-bond acceptors (Lipinski definition) is 6. The number of imidazole rings is 1. The summed E-state index contributed by atoms with van der Waals surface area (Å²) < 4.78 is 26.2. The first kappa shape index (κ1) is 27.8. The number of nitriles is 1. The van der Waals surface area contributed by atoms with Gasteiger partial charge in [-0.15, -0.1) is 0 Å². The van der Waals surface area contributed by atoms with Crippen LogP contribution >= 0.6 is 11.6 Å². The zero-order valence-electron chi connectivity index (χ0n) is 21.7. The Hall–Kier alpha value is -3.19. The average molecular weight is 554 g/mol. The molecule has 1 unspecified atom stereocenters. The lowest BCUT2D eigenvalue weighted by atomic mass is 10.1. The number of aromatic nitrogens is 2. The standard InChI is InChI=1S/C28H32ClN5O3S/c1-3-5-27-31-16-26(33(27)17-22-10-8-21(15-30)9-11-22)18-32-20-28(35)34(24-7-4-6-23(29)14-24)19-25(32)12-13-38(2,36)37/h4,6-11,14,16,25H,3,5,12-13,17-20H2,1-2H3. The van der Waals surface area contributed by atoms with Crippen LogP contribution in [0.2, 0.25) is 5.02 Å². The number of carbonyl (C=O) groups is 1. The number of rotatable bonds is 10. The van der Waals surface area contributed by atoms with E-state index in [4.69, 9.17) is 16.9 Å². The van der Waals surface area contributed by atoms with E-state index in [0.29, 0.717) is 42.3 Å². The van der Waals surface area contributed by atoms with E-state index in [9.17, 15) is 13.2 Å². The van der Waals surface area contributed by atoms with E-state index in [-0.39, 0.29) is 24.2 Å². The molecule has 8 nitrogen and oxygen atoms in total. The second-order valence-corrected chi connectivity index (χ2v) is 12.5. The predicted molar refractivity (Wildman–Crippen MR) is 149 cm³/mol. The second kappa shape index (κ2) is 12.1. The molecule has 1 aliphatic rings. The van der Waals surface area contributed by atoms with Crippen molar-refractivity contribution < 1.29 is 13.2 Å².